The number of aromatic nitrogens is 8. The Morgan fingerprint density at radius 1 is 0.609 bits per heavy atom. The second kappa shape index (κ2) is 27.1. The largest absolute Gasteiger partial charge is 0.573 e. The standard InChI is InChI=1S/C27H26ClF3N4O6.C20H14ClF3N4O4.C8H16O5S/c1-3-26(38-13-14-39-26)11-12-34-23(36)21-22(33(2)25(34)37)32-24(35(21)16-17-7-9-18(28)10-8-17)40-19-5-4-6-20(15-19)41-27(29,30)31;1-27-16-15(17(29)26-18(27)30)28(10-11-5-7-12(21)8-6-11)19(25-16)31-13-3-2-4-14(9-13)32-20(22,23)24;1-3-8(11-6-7-12-8)4-5-13-14(2,9)10/h4-10,15H,3,11-14,16H2,1-2H3;2-9H,10H2,1H3,(H,26,29,30);3-7H2,1-2H3. The van der Waals surface area contributed by atoms with E-state index in [2.05, 4.69) is 28.6 Å². The average molecular weight is 1290 g/mol. The van der Waals surface area contributed by atoms with Crippen molar-refractivity contribution in [2.75, 3.05) is 39.3 Å². The van der Waals surface area contributed by atoms with Gasteiger partial charge in [0.1, 0.15) is 23.0 Å². The Morgan fingerprint density at radius 3 is 1.47 bits per heavy atom. The van der Waals surface area contributed by atoms with Crippen LogP contribution >= 0.6 is 23.2 Å². The first kappa shape index (κ1) is 65.3. The molecule has 2 aliphatic heterocycles. The second-order valence-corrected chi connectivity index (χ2v) is 21.9. The Morgan fingerprint density at radius 2 is 1.03 bits per heavy atom. The van der Waals surface area contributed by atoms with Crippen molar-refractivity contribution >= 4 is 55.6 Å². The van der Waals surface area contributed by atoms with Gasteiger partial charge >= 0.3 is 36.1 Å². The van der Waals surface area contributed by atoms with E-state index in [1.807, 2.05) is 13.8 Å². The molecule has 87 heavy (non-hydrogen) atoms. The Hall–Kier alpha value is -7.71. The molecule has 0 aliphatic carbocycles. The average Bonchev–Trinajstić information content (AvgIpc) is 2.37. The van der Waals surface area contributed by atoms with Gasteiger partial charge < -0.3 is 37.9 Å². The number of rotatable bonds is 19. The van der Waals surface area contributed by atoms with Crippen LogP contribution in [0.4, 0.5) is 26.3 Å². The predicted octanol–water partition coefficient (Wildman–Crippen LogP) is 9.15. The topological polar surface area (TPSA) is 252 Å². The minimum Gasteiger partial charge on any atom is -0.425 e. The van der Waals surface area contributed by atoms with E-state index in [1.165, 1.54) is 52.1 Å². The quantitative estimate of drug-likeness (QED) is 0.0585. The van der Waals surface area contributed by atoms with Gasteiger partial charge in [0.15, 0.2) is 33.9 Å². The summed E-state index contributed by atoms with van der Waals surface area (Å²) in [5.74, 6) is -2.54. The highest BCUT2D eigenvalue weighted by atomic mass is 35.5. The molecule has 8 aromatic rings. The van der Waals surface area contributed by atoms with Gasteiger partial charge in [0, 0.05) is 55.7 Å². The molecule has 4 aromatic carbocycles. The molecular weight excluding hydrogens is 1230 g/mol. The van der Waals surface area contributed by atoms with Gasteiger partial charge in [0.05, 0.1) is 52.4 Å². The van der Waals surface area contributed by atoms with Crippen LogP contribution in [0.5, 0.6) is 35.0 Å². The lowest BCUT2D eigenvalue weighted by atomic mass is 10.1. The van der Waals surface area contributed by atoms with Crippen molar-refractivity contribution in [2.24, 2.45) is 14.1 Å². The molecular formula is C55H56Cl2F6N8O15S. The van der Waals surface area contributed by atoms with Crippen molar-refractivity contribution in [3.05, 3.63) is 160 Å². The first-order valence-electron chi connectivity index (χ1n) is 26.4. The smallest absolute Gasteiger partial charge is 0.425 e. The third-order valence-corrected chi connectivity index (χ3v) is 14.5. The van der Waals surface area contributed by atoms with E-state index in [9.17, 15) is 53.9 Å². The number of aromatic amines is 1. The third kappa shape index (κ3) is 16.9. The highest BCUT2D eigenvalue weighted by Crippen LogP contribution is 2.34. The molecule has 4 aromatic heterocycles. The summed E-state index contributed by atoms with van der Waals surface area (Å²) in [4.78, 5) is 62.5. The van der Waals surface area contributed by atoms with Gasteiger partial charge in [-0.25, -0.2) is 9.59 Å². The molecule has 2 aliphatic rings. The molecule has 0 saturated carbocycles. The van der Waals surface area contributed by atoms with Gasteiger partial charge in [-0.3, -0.25) is 41.6 Å². The third-order valence-electron chi connectivity index (χ3n) is 13.4. The molecule has 10 rings (SSSR count). The molecule has 0 bridgehead atoms. The number of benzene rings is 4. The molecule has 0 spiro atoms. The molecule has 32 heteroatoms. The van der Waals surface area contributed by atoms with Crippen LogP contribution in [0.15, 0.2) is 116 Å². The van der Waals surface area contributed by atoms with Crippen LogP contribution < -0.4 is 41.4 Å². The number of fused-ring (bicyclic) bond motifs is 2. The van der Waals surface area contributed by atoms with Crippen LogP contribution in [0.25, 0.3) is 22.3 Å². The van der Waals surface area contributed by atoms with Crippen molar-refractivity contribution in [3.63, 3.8) is 0 Å². The lowest BCUT2D eigenvalue weighted by molar-refractivity contribution is -0.275. The number of hydrogen-bond donors (Lipinski definition) is 1. The summed E-state index contributed by atoms with van der Waals surface area (Å²) < 4.78 is 150. The number of ether oxygens (including phenoxy) is 8. The summed E-state index contributed by atoms with van der Waals surface area (Å²) >= 11 is 12.0. The number of nitrogens with one attached hydrogen (secondary N) is 1. The summed E-state index contributed by atoms with van der Waals surface area (Å²) in [6.45, 7) is 6.12. The van der Waals surface area contributed by atoms with E-state index in [0.717, 1.165) is 50.8 Å². The molecule has 0 amide bonds. The Balaban J connectivity index is 0.000000189. The fourth-order valence-electron chi connectivity index (χ4n) is 9.11. The fourth-order valence-corrected chi connectivity index (χ4v) is 9.75. The summed E-state index contributed by atoms with van der Waals surface area (Å²) in [5, 5.41) is 1.02. The zero-order chi connectivity index (χ0) is 63.1. The van der Waals surface area contributed by atoms with Gasteiger partial charge in [-0.2, -0.15) is 18.4 Å². The van der Waals surface area contributed by atoms with Crippen LogP contribution in [0.2, 0.25) is 10.0 Å². The molecule has 0 unspecified atom stereocenters. The van der Waals surface area contributed by atoms with Crippen LogP contribution in [0.1, 0.15) is 50.7 Å². The monoisotopic (exact) mass is 1280 g/mol. The molecule has 6 heterocycles. The van der Waals surface area contributed by atoms with Gasteiger partial charge in [-0.05, 0) is 72.5 Å². The van der Waals surface area contributed by atoms with Crippen LogP contribution in [-0.4, -0.2) is 110 Å². The molecule has 0 atom stereocenters. The number of nitrogens with zero attached hydrogens (tertiary/aromatic N) is 7. The van der Waals surface area contributed by atoms with Crippen molar-refractivity contribution in [1.82, 2.24) is 37.8 Å². The van der Waals surface area contributed by atoms with Gasteiger partial charge in [-0.15, -0.1) is 26.3 Å². The predicted molar refractivity (Wildman–Crippen MR) is 302 cm³/mol. The lowest BCUT2D eigenvalue weighted by Crippen LogP contribution is -2.42. The normalized spacial score (nSPS) is 14.8. The number of H-pyrrole nitrogens is 1. The zero-order valence-electron chi connectivity index (χ0n) is 46.9. The van der Waals surface area contributed by atoms with Gasteiger partial charge in [-0.1, -0.05) is 73.4 Å². The van der Waals surface area contributed by atoms with Crippen LogP contribution in [0, 0.1) is 0 Å². The summed E-state index contributed by atoms with van der Waals surface area (Å²) in [5.41, 5.74) is -0.900. The van der Waals surface area contributed by atoms with Crippen molar-refractivity contribution in [3.8, 4) is 35.0 Å². The summed E-state index contributed by atoms with van der Waals surface area (Å²) in [6.07, 6.45) is -6.79. The maximum Gasteiger partial charge on any atom is 0.573 e. The molecule has 2 saturated heterocycles. The maximum absolute atomic E-state index is 13.8. The first-order valence-corrected chi connectivity index (χ1v) is 29.0. The van der Waals surface area contributed by atoms with E-state index in [1.54, 1.807) is 48.5 Å². The molecule has 1 N–H and O–H groups in total. The minimum atomic E-state index is -4.89. The molecule has 2 fully saturated rings. The molecule has 23 nitrogen and oxygen atoms in total. The molecule has 0 radical (unpaired) electrons. The Bertz CT molecular complexity index is 4080. The zero-order valence-corrected chi connectivity index (χ0v) is 49.2. The number of alkyl halides is 6. The Labute approximate surface area is 500 Å². The van der Waals surface area contributed by atoms with E-state index >= 15 is 0 Å². The number of halogens is 8. The number of aryl methyl sites for hydroxylation is 2. The van der Waals surface area contributed by atoms with E-state index in [4.69, 9.17) is 51.6 Å². The van der Waals surface area contributed by atoms with Gasteiger partial charge in [0.2, 0.25) is 0 Å². The van der Waals surface area contributed by atoms with E-state index in [-0.39, 0.29) is 78.5 Å². The van der Waals surface area contributed by atoms with E-state index < -0.39 is 68.4 Å². The highest BCUT2D eigenvalue weighted by molar-refractivity contribution is 7.85. The van der Waals surface area contributed by atoms with Crippen LogP contribution in [-0.2, 0) is 67.0 Å². The van der Waals surface area contributed by atoms with Gasteiger partial charge in [0.25, 0.3) is 21.2 Å². The Kier molecular flexibility index (Phi) is 20.4. The first-order chi connectivity index (χ1) is 41.1. The maximum atomic E-state index is 13.8. The minimum absolute atomic E-state index is 0.0131. The van der Waals surface area contributed by atoms with Crippen LogP contribution in [0.3, 0.4) is 0 Å². The SMILES string of the molecule is CCC1(CCOS(C)(=O)=O)OCCO1.CCC1(CCn2c(=O)c3c(nc(Oc4cccc(OC(F)(F)F)c4)n3Cc3ccc(Cl)cc3)n(C)c2=O)OCCO1.Cn1c(=O)[nH]c(=O)c2c1nc(Oc1cccc(OC(F)(F)F)c1)n2Cc1ccc(Cl)cc1. The molecule has 468 valence electrons. The van der Waals surface area contributed by atoms with Crippen molar-refractivity contribution < 1.29 is 76.8 Å². The number of hydrogen-bond acceptors (Lipinski definition) is 17. The highest BCUT2D eigenvalue weighted by Gasteiger charge is 2.37. The summed E-state index contributed by atoms with van der Waals surface area (Å²) in [6, 6.07) is 23.2. The van der Waals surface area contributed by atoms with E-state index in [0.29, 0.717) is 55.7 Å². The second-order valence-electron chi connectivity index (χ2n) is 19.4. The number of imidazole rings is 2. The lowest BCUT2D eigenvalue weighted by Gasteiger charge is -2.26. The van der Waals surface area contributed by atoms with Crippen molar-refractivity contribution in [1.29, 1.82) is 0 Å². The summed E-state index contributed by atoms with van der Waals surface area (Å²) in [7, 11) is -0.471. The fraction of sp³-hybridized carbons (Fsp3) is 0.382. The van der Waals surface area contributed by atoms with Crippen molar-refractivity contribution in [2.45, 2.75) is 83.5 Å².